The zero-order valence-corrected chi connectivity index (χ0v) is 10.0. The molecule has 4 nitrogen and oxygen atoms in total. The van der Waals surface area contributed by atoms with Crippen molar-refractivity contribution in [1.82, 2.24) is 5.32 Å². The highest BCUT2D eigenvalue weighted by Gasteiger charge is 2.05. The summed E-state index contributed by atoms with van der Waals surface area (Å²) in [5.41, 5.74) is 2.85. The van der Waals surface area contributed by atoms with Gasteiger partial charge in [-0.1, -0.05) is 30.0 Å². The highest BCUT2D eigenvalue weighted by Crippen LogP contribution is 2.18. The second kappa shape index (κ2) is 6.56. The van der Waals surface area contributed by atoms with E-state index in [9.17, 15) is 4.79 Å². The Bertz CT molecular complexity index is 438. The monoisotopic (exact) mass is 232 g/mol. The summed E-state index contributed by atoms with van der Waals surface area (Å²) in [4.78, 5) is 11.5. The van der Waals surface area contributed by atoms with E-state index in [1.54, 1.807) is 0 Å². The number of amides is 2. The SMILES string of the molecule is Cc1cccc(C)c1NC(=O)NCC#CCO. The Labute approximate surface area is 101 Å². The van der Waals surface area contributed by atoms with Crippen molar-refractivity contribution < 1.29 is 9.90 Å². The summed E-state index contributed by atoms with van der Waals surface area (Å²) in [5.74, 6) is 5.06. The molecule has 0 aliphatic carbocycles. The molecule has 0 heterocycles. The number of aliphatic hydroxyl groups is 1. The normalized spacial score (nSPS) is 9.12. The zero-order chi connectivity index (χ0) is 12.7. The molecule has 2 amide bonds. The maximum atomic E-state index is 11.5. The van der Waals surface area contributed by atoms with Gasteiger partial charge in [0.05, 0.1) is 6.54 Å². The van der Waals surface area contributed by atoms with E-state index in [1.165, 1.54) is 0 Å². The Balaban J connectivity index is 2.56. The third kappa shape index (κ3) is 4.17. The van der Waals surface area contributed by atoms with Gasteiger partial charge in [-0.05, 0) is 25.0 Å². The standard InChI is InChI=1S/C13H16N2O2/c1-10-6-5-7-11(2)12(10)15-13(17)14-8-3-4-9-16/h5-7,16H,8-9H2,1-2H3,(H2,14,15,17). The number of urea groups is 1. The zero-order valence-electron chi connectivity index (χ0n) is 10.0. The van der Waals surface area contributed by atoms with E-state index in [4.69, 9.17) is 5.11 Å². The quantitative estimate of drug-likeness (QED) is 0.675. The fourth-order valence-corrected chi connectivity index (χ4v) is 1.41. The van der Waals surface area contributed by atoms with E-state index in [0.29, 0.717) is 0 Å². The third-order valence-electron chi connectivity index (χ3n) is 2.26. The Kier molecular flexibility index (Phi) is 5.05. The first-order valence-electron chi connectivity index (χ1n) is 5.33. The van der Waals surface area contributed by atoms with Crippen LogP contribution in [0.25, 0.3) is 0 Å². The van der Waals surface area contributed by atoms with Gasteiger partial charge in [-0.15, -0.1) is 0 Å². The van der Waals surface area contributed by atoms with Crippen molar-refractivity contribution in [3.63, 3.8) is 0 Å². The van der Waals surface area contributed by atoms with E-state index in [1.807, 2.05) is 32.0 Å². The summed E-state index contributed by atoms with van der Waals surface area (Å²) in [6.45, 7) is 3.90. The lowest BCUT2D eigenvalue weighted by Crippen LogP contribution is -2.29. The molecule has 17 heavy (non-hydrogen) atoms. The molecule has 0 bridgehead atoms. The maximum absolute atomic E-state index is 11.5. The van der Waals surface area contributed by atoms with Crippen molar-refractivity contribution in [2.24, 2.45) is 0 Å². The van der Waals surface area contributed by atoms with E-state index >= 15 is 0 Å². The number of hydrogen-bond acceptors (Lipinski definition) is 2. The Morgan fingerprint density at radius 2 is 1.94 bits per heavy atom. The highest BCUT2D eigenvalue weighted by atomic mass is 16.2. The number of para-hydroxylation sites is 1. The molecule has 0 radical (unpaired) electrons. The number of aliphatic hydroxyl groups excluding tert-OH is 1. The molecule has 90 valence electrons. The Morgan fingerprint density at radius 1 is 1.29 bits per heavy atom. The highest BCUT2D eigenvalue weighted by molar-refractivity contribution is 5.91. The second-order valence-corrected chi connectivity index (χ2v) is 3.59. The lowest BCUT2D eigenvalue weighted by Gasteiger charge is -2.11. The summed E-state index contributed by atoms with van der Waals surface area (Å²) in [6.07, 6.45) is 0. The topological polar surface area (TPSA) is 61.4 Å². The summed E-state index contributed by atoms with van der Waals surface area (Å²) in [7, 11) is 0. The molecule has 0 saturated heterocycles. The molecule has 1 rings (SSSR count). The van der Waals surface area contributed by atoms with Crippen molar-refractivity contribution >= 4 is 11.7 Å². The summed E-state index contributed by atoms with van der Waals surface area (Å²) < 4.78 is 0. The van der Waals surface area contributed by atoms with Crippen molar-refractivity contribution in [3.8, 4) is 11.8 Å². The van der Waals surface area contributed by atoms with Gasteiger partial charge in [0.2, 0.25) is 0 Å². The number of nitrogens with one attached hydrogen (secondary N) is 2. The van der Waals surface area contributed by atoms with Crippen LogP contribution in [0.4, 0.5) is 10.5 Å². The number of rotatable bonds is 2. The first-order chi connectivity index (χ1) is 8.15. The van der Waals surface area contributed by atoms with E-state index in [0.717, 1.165) is 16.8 Å². The van der Waals surface area contributed by atoms with Gasteiger partial charge in [0.15, 0.2) is 0 Å². The van der Waals surface area contributed by atoms with Gasteiger partial charge in [-0.2, -0.15) is 0 Å². The summed E-state index contributed by atoms with van der Waals surface area (Å²) in [6, 6.07) is 5.53. The minimum absolute atomic E-state index is 0.194. The molecule has 0 unspecified atom stereocenters. The fraction of sp³-hybridized carbons (Fsp3) is 0.308. The molecular weight excluding hydrogens is 216 g/mol. The number of hydrogen-bond donors (Lipinski definition) is 3. The minimum atomic E-state index is -0.297. The van der Waals surface area contributed by atoms with Crippen LogP contribution in [0.2, 0.25) is 0 Å². The molecule has 0 saturated carbocycles. The molecule has 0 atom stereocenters. The molecule has 0 spiro atoms. The van der Waals surface area contributed by atoms with E-state index in [2.05, 4.69) is 22.5 Å². The van der Waals surface area contributed by atoms with Crippen molar-refractivity contribution in [2.75, 3.05) is 18.5 Å². The van der Waals surface area contributed by atoms with Crippen LogP contribution in [0.3, 0.4) is 0 Å². The van der Waals surface area contributed by atoms with Crippen LogP contribution in [-0.2, 0) is 0 Å². The molecule has 3 N–H and O–H groups in total. The molecule has 1 aromatic carbocycles. The van der Waals surface area contributed by atoms with E-state index in [-0.39, 0.29) is 19.2 Å². The van der Waals surface area contributed by atoms with Crippen molar-refractivity contribution in [2.45, 2.75) is 13.8 Å². The number of carbonyl (C=O) groups excluding carboxylic acids is 1. The average molecular weight is 232 g/mol. The first-order valence-corrected chi connectivity index (χ1v) is 5.33. The molecule has 0 aliphatic rings. The Hall–Kier alpha value is -1.99. The average Bonchev–Trinajstić information content (AvgIpc) is 2.30. The summed E-state index contributed by atoms with van der Waals surface area (Å²) in [5, 5.41) is 13.8. The van der Waals surface area contributed by atoms with E-state index < -0.39 is 0 Å². The van der Waals surface area contributed by atoms with Gasteiger partial charge in [-0.3, -0.25) is 0 Å². The first kappa shape index (κ1) is 13.1. The molecular formula is C13H16N2O2. The van der Waals surface area contributed by atoms with Crippen LogP contribution in [-0.4, -0.2) is 24.3 Å². The van der Waals surface area contributed by atoms with Gasteiger partial charge >= 0.3 is 6.03 Å². The third-order valence-corrected chi connectivity index (χ3v) is 2.26. The van der Waals surface area contributed by atoms with Crippen LogP contribution in [0.15, 0.2) is 18.2 Å². The van der Waals surface area contributed by atoms with Crippen LogP contribution in [0.1, 0.15) is 11.1 Å². The predicted molar refractivity (Wildman–Crippen MR) is 67.8 cm³/mol. The van der Waals surface area contributed by atoms with Crippen LogP contribution in [0, 0.1) is 25.7 Å². The number of aryl methyl sites for hydroxylation is 2. The Morgan fingerprint density at radius 3 is 2.53 bits per heavy atom. The minimum Gasteiger partial charge on any atom is -0.384 e. The lowest BCUT2D eigenvalue weighted by atomic mass is 10.1. The second-order valence-electron chi connectivity index (χ2n) is 3.59. The lowest BCUT2D eigenvalue weighted by molar-refractivity contribution is 0.253. The summed E-state index contributed by atoms with van der Waals surface area (Å²) >= 11 is 0. The van der Waals surface area contributed by atoms with Gasteiger partial charge in [0.1, 0.15) is 6.61 Å². The molecule has 4 heteroatoms. The molecule has 0 fully saturated rings. The maximum Gasteiger partial charge on any atom is 0.320 e. The van der Waals surface area contributed by atoms with Gasteiger partial charge in [0.25, 0.3) is 0 Å². The number of carbonyl (C=O) groups is 1. The smallest absolute Gasteiger partial charge is 0.320 e. The van der Waals surface area contributed by atoms with Crippen molar-refractivity contribution in [1.29, 1.82) is 0 Å². The predicted octanol–water partition coefficient (Wildman–Crippen LogP) is 1.42. The molecule has 1 aromatic rings. The fourth-order valence-electron chi connectivity index (χ4n) is 1.41. The molecule has 0 aliphatic heterocycles. The van der Waals surface area contributed by atoms with Gasteiger partial charge < -0.3 is 15.7 Å². The van der Waals surface area contributed by atoms with Gasteiger partial charge in [-0.25, -0.2) is 4.79 Å². The van der Waals surface area contributed by atoms with Crippen LogP contribution < -0.4 is 10.6 Å². The van der Waals surface area contributed by atoms with Gasteiger partial charge in [0, 0.05) is 5.69 Å². The largest absolute Gasteiger partial charge is 0.384 e. The van der Waals surface area contributed by atoms with Crippen LogP contribution >= 0.6 is 0 Å². The van der Waals surface area contributed by atoms with Crippen molar-refractivity contribution in [3.05, 3.63) is 29.3 Å². The van der Waals surface area contributed by atoms with Crippen LogP contribution in [0.5, 0.6) is 0 Å². The molecule has 0 aromatic heterocycles. The number of anilines is 1. The number of benzene rings is 1.